The minimum absolute atomic E-state index is 0.148. The largest absolute Gasteiger partial charge is 0.489 e. The molecule has 2 aliphatic heterocycles. The summed E-state index contributed by atoms with van der Waals surface area (Å²) >= 11 is 0. The van der Waals surface area contributed by atoms with E-state index in [1.54, 1.807) is 19.4 Å². The molecule has 0 radical (unpaired) electrons. The third-order valence-corrected chi connectivity index (χ3v) is 5.07. The van der Waals surface area contributed by atoms with Crippen LogP contribution in [0.1, 0.15) is 47.5 Å². The number of rotatable bonds is 4. The standard InChI is InChI=1S/C20H23N3O4/c1-12-10-16-18(13(2)26-20(16)24)22-19(12)23-8-6-14(7-9-23)27-15-4-5-17(25-3)21-11-15/h4-5,10-11,13-14H,6-9H2,1-3H3. The zero-order chi connectivity index (χ0) is 19.0. The van der Waals surface area contributed by atoms with E-state index in [0.717, 1.165) is 48.8 Å². The summed E-state index contributed by atoms with van der Waals surface area (Å²) in [5.41, 5.74) is 2.33. The van der Waals surface area contributed by atoms with Gasteiger partial charge in [-0.05, 0) is 31.5 Å². The fraction of sp³-hybridized carbons (Fsp3) is 0.450. The number of cyclic esters (lactones) is 1. The number of hydrogen-bond donors (Lipinski definition) is 0. The summed E-state index contributed by atoms with van der Waals surface area (Å²) in [6.45, 7) is 5.55. The fourth-order valence-corrected chi connectivity index (χ4v) is 3.63. The first-order chi connectivity index (χ1) is 13.0. The molecule has 0 amide bonds. The molecule has 1 unspecified atom stereocenters. The Kier molecular flexibility index (Phi) is 4.59. The highest BCUT2D eigenvalue weighted by Gasteiger charge is 2.32. The number of pyridine rings is 2. The molecule has 0 bridgehead atoms. The molecule has 0 saturated carbocycles. The average Bonchev–Trinajstić information content (AvgIpc) is 2.95. The van der Waals surface area contributed by atoms with E-state index in [9.17, 15) is 4.79 Å². The topological polar surface area (TPSA) is 73.8 Å². The molecule has 0 aliphatic carbocycles. The van der Waals surface area contributed by atoms with Crippen LogP contribution in [0.4, 0.5) is 5.82 Å². The Morgan fingerprint density at radius 2 is 2.04 bits per heavy atom. The van der Waals surface area contributed by atoms with Crippen molar-refractivity contribution in [3.63, 3.8) is 0 Å². The van der Waals surface area contributed by atoms with Gasteiger partial charge in [-0.1, -0.05) is 0 Å². The monoisotopic (exact) mass is 369 g/mol. The molecule has 2 aliphatic rings. The highest BCUT2D eigenvalue weighted by molar-refractivity contribution is 5.94. The van der Waals surface area contributed by atoms with Gasteiger partial charge in [0.15, 0.2) is 0 Å². The number of esters is 1. The summed E-state index contributed by atoms with van der Waals surface area (Å²) in [5.74, 6) is 1.99. The number of fused-ring (bicyclic) bond motifs is 1. The number of ether oxygens (including phenoxy) is 3. The van der Waals surface area contributed by atoms with Crippen molar-refractivity contribution in [2.24, 2.45) is 0 Å². The number of aryl methyl sites for hydroxylation is 1. The van der Waals surface area contributed by atoms with Crippen molar-refractivity contribution in [3.8, 4) is 11.6 Å². The van der Waals surface area contributed by atoms with Gasteiger partial charge in [0, 0.05) is 32.0 Å². The molecule has 1 saturated heterocycles. The Hall–Kier alpha value is -2.83. The molecule has 7 heteroatoms. The van der Waals surface area contributed by atoms with Crippen LogP contribution in [0.25, 0.3) is 0 Å². The SMILES string of the molecule is COc1ccc(OC2CCN(c3nc4c(cc3C)C(=O)OC4C)CC2)cn1. The number of anilines is 1. The van der Waals surface area contributed by atoms with Gasteiger partial charge in [0.1, 0.15) is 23.8 Å². The lowest BCUT2D eigenvalue weighted by Crippen LogP contribution is -2.39. The maximum Gasteiger partial charge on any atom is 0.340 e. The average molecular weight is 369 g/mol. The molecule has 2 aromatic heterocycles. The first-order valence-corrected chi connectivity index (χ1v) is 9.19. The lowest BCUT2D eigenvalue weighted by Gasteiger charge is -2.34. The number of methoxy groups -OCH3 is 1. The van der Waals surface area contributed by atoms with E-state index in [1.807, 2.05) is 26.0 Å². The van der Waals surface area contributed by atoms with Crippen molar-refractivity contribution in [2.45, 2.75) is 38.9 Å². The van der Waals surface area contributed by atoms with E-state index in [2.05, 4.69) is 9.88 Å². The molecule has 4 rings (SSSR count). The zero-order valence-electron chi connectivity index (χ0n) is 15.8. The van der Waals surface area contributed by atoms with Crippen LogP contribution >= 0.6 is 0 Å². The van der Waals surface area contributed by atoms with Crippen LogP contribution in [-0.4, -0.2) is 42.2 Å². The molecule has 142 valence electrons. The molecular formula is C20H23N3O4. The van der Waals surface area contributed by atoms with Gasteiger partial charge < -0.3 is 19.1 Å². The normalized spacial score (nSPS) is 19.6. The van der Waals surface area contributed by atoms with Crippen LogP contribution in [0.5, 0.6) is 11.6 Å². The van der Waals surface area contributed by atoms with Crippen molar-refractivity contribution in [3.05, 3.63) is 41.2 Å². The van der Waals surface area contributed by atoms with Gasteiger partial charge in [0.05, 0.1) is 24.6 Å². The van der Waals surface area contributed by atoms with Gasteiger partial charge in [-0.15, -0.1) is 0 Å². The second kappa shape index (κ2) is 7.06. The molecule has 4 heterocycles. The molecule has 0 aromatic carbocycles. The van der Waals surface area contributed by atoms with Gasteiger partial charge in [0.25, 0.3) is 0 Å². The first kappa shape index (κ1) is 17.6. The second-order valence-electron chi connectivity index (χ2n) is 6.95. The highest BCUT2D eigenvalue weighted by atomic mass is 16.5. The minimum Gasteiger partial charge on any atom is -0.489 e. The van der Waals surface area contributed by atoms with E-state index in [0.29, 0.717) is 11.4 Å². The summed E-state index contributed by atoms with van der Waals surface area (Å²) in [6, 6.07) is 5.57. The number of carbonyl (C=O) groups is 1. The first-order valence-electron chi connectivity index (χ1n) is 9.19. The third kappa shape index (κ3) is 3.41. The Bertz CT molecular complexity index is 845. The van der Waals surface area contributed by atoms with E-state index in [4.69, 9.17) is 19.2 Å². The van der Waals surface area contributed by atoms with Crippen LogP contribution in [0.2, 0.25) is 0 Å². The van der Waals surface area contributed by atoms with E-state index >= 15 is 0 Å². The maximum atomic E-state index is 11.9. The number of carbonyl (C=O) groups excluding carboxylic acids is 1. The van der Waals surface area contributed by atoms with E-state index < -0.39 is 0 Å². The smallest absolute Gasteiger partial charge is 0.340 e. The number of nitrogens with zero attached hydrogens (tertiary/aromatic N) is 3. The molecule has 1 atom stereocenters. The number of aromatic nitrogens is 2. The van der Waals surface area contributed by atoms with Gasteiger partial charge in [-0.3, -0.25) is 0 Å². The fourth-order valence-electron chi connectivity index (χ4n) is 3.63. The Balaban J connectivity index is 1.42. The lowest BCUT2D eigenvalue weighted by molar-refractivity contribution is 0.0417. The lowest BCUT2D eigenvalue weighted by atomic mass is 10.1. The van der Waals surface area contributed by atoms with Crippen LogP contribution in [0, 0.1) is 6.92 Å². The van der Waals surface area contributed by atoms with Crippen LogP contribution in [0.3, 0.4) is 0 Å². The third-order valence-electron chi connectivity index (χ3n) is 5.07. The van der Waals surface area contributed by atoms with Crippen molar-refractivity contribution in [1.82, 2.24) is 9.97 Å². The molecule has 2 aromatic rings. The summed E-state index contributed by atoms with van der Waals surface area (Å²) < 4.78 is 16.4. The van der Waals surface area contributed by atoms with Crippen molar-refractivity contribution >= 4 is 11.8 Å². The van der Waals surface area contributed by atoms with E-state index in [-0.39, 0.29) is 18.2 Å². The predicted molar refractivity (Wildman–Crippen MR) is 99.5 cm³/mol. The van der Waals surface area contributed by atoms with Gasteiger partial charge in [-0.25, -0.2) is 14.8 Å². The quantitative estimate of drug-likeness (QED) is 0.767. The van der Waals surface area contributed by atoms with Crippen molar-refractivity contribution in [2.75, 3.05) is 25.1 Å². The predicted octanol–water partition coefficient (Wildman–Crippen LogP) is 3.07. The molecule has 0 N–H and O–H groups in total. The molecule has 1 fully saturated rings. The molecular weight excluding hydrogens is 346 g/mol. The molecule has 27 heavy (non-hydrogen) atoms. The Morgan fingerprint density at radius 1 is 1.26 bits per heavy atom. The van der Waals surface area contributed by atoms with Gasteiger partial charge >= 0.3 is 5.97 Å². The summed E-state index contributed by atoms with van der Waals surface area (Å²) in [6.07, 6.45) is 3.35. The van der Waals surface area contributed by atoms with E-state index in [1.165, 1.54) is 0 Å². The summed E-state index contributed by atoms with van der Waals surface area (Å²) in [7, 11) is 1.59. The Morgan fingerprint density at radius 3 is 2.70 bits per heavy atom. The Labute approximate surface area is 158 Å². The van der Waals surface area contributed by atoms with Crippen LogP contribution < -0.4 is 14.4 Å². The van der Waals surface area contributed by atoms with Crippen LogP contribution in [-0.2, 0) is 4.74 Å². The highest BCUT2D eigenvalue weighted by Crippen LogP contribution is 2.33. The minimum atomic E-state index is -0.282. The van der Waals surface area contributed by atoms with Gasteiger partial charge in [0.2, 0.25) is 5.88 Å². The number of hydrogen-bond acceptors (Lipinski definition) is 7. The van der Waals surface area contributed by atoms with Crippen molar-refractivity contribution < 1.29 is 19.0 Å². The van der Waals surface area contributed by atoms with Crippen LogP contribution in [0.15, 0.2) is 24.4 Å². The maximum absolute atomic E-state index is 11.9. The van der Waals surface area contributed by atoms with Gasteiger partial charge in [-0.2, -0.15) is 0 Å². The van der Waals surface area contributed by atoms with Crippen molar-refractivity contribution in [1.29, 1.82) is 0 Å². The summed E-state index contributed by atoms with van der Waals surface area (Å²) in [4.78, 5) is 23.1. The zero-order valence-corrected chi connectivity index (χ0v) is 15.8. The molecule has 0 spiro atoms. The summed E-state index contributed by atoms with van der Waals surface area (Å²) in [5, 5.41) is 0. The second-order valence-corrected chi connectivity index (χ2v) is 6.95. The molecule has 7 nitrogen and oxygen atoms in total. The number of piperidine rings is 1.